The number of amides is 4. The van der Waals surface area contributed by atoms with Crippen LogP contribution < -0.4 is 5.32 Å². The van der Waals surface area contributed by atoms with Crippen LogP contribution in [0.25, 0.3) is 0 Å². The quantitative estimate of drug-likeness (QED) is 0.623. The summed E-state index contributed by atoms with van der Waals surface area (Å²) in [6.45, 7) is 3.16. The summed E-state index contributed by atoms with van der Waals surface area (Å²) in [4.78, 5) is 41.5. The number of hydrogen-bond acceptors (Lipinski definition) is 6. The lowest BCUT2D eigenvalue weighted by Crippen LogP contribution is -2.54. The number of hydrogen-bond donors (Lipinski definition) is 1. The first kappa shape index (κ1) is 15.3. The van der Waals surface area contributed by atoms with E-state index in [0.29, 0.717) is 5.76 Å². The third-order valence-corrected chi connectivity index (χ3v) is 3.93. The first-order chi connectivity index (χ1) is 11.0. The summed E-state index contributed by atoms with van der Waals surface area (Å²) in [5.41, 5.74) is -0.0271. The Kier molecular flexibility index (Phi) is 4.16. The van der Waals surface area contributed by atoms with Gasteiger partial charge in [0.15, 0.2) is 0 Å². The number of imide groups is 2. The Morgan fingerprint density at radius 2 is 1.96 bits per heavy atom. The molecule has 23 heavy (non-hydrogen) atoms. The highest BCUT2D eigenvalue weighted by Crippen LogP contribution is 2.15. The van der Waals surface area contributed by atoms with Crippen LogP contribution in [0.2, 0.25) is 0 Å². The van der Waals surface area contributed by atoms with Crippen LogP contribution in [0, 0.1) is 0 Å². The molecule has 8 heteroatoms. The highest BCUT2D eigenvalue weighted by atomic mass is 16.3. The monoisotopic (exact) mass is 318 g/mol. The van der Waals surface area contributed by atoms with Crippen LogP contribution in [0.3, 0.4) is 0 Å². The van der Waals surface area contributed by atoms with Gasteiger partial charge in [0, 0.05) is 32.4 Å². The Balaban J connectivity index is 1.77. The van der Waals surface area contributed by atoms with E-state index >= 15 is 0 Å². The summed E-state index contributed by atoms with van der Waals surface area (Å²) >= 11 is 0. The Labute approximate surface area is 133 Å². The number of rotatable bonds is 3. The fourth-order valence-electron chi connectivity index (χ4n) is 2.52. The Hall–Kier alpha value is -2.61. The lowest BCUT2D eigenvalue weighted by molar-refractivity contribution is -0.131. The maximum atomic E-state index is 12.5. The molecule has 2 saturated heterocycles. The molecule has 122 valence electrons. The van der Waals surface area contributed by atoms with E-state index in [1.54, 1.807) is 18.3 Å². The Morgan fingerprint density at radius 3 is 2.61 bits per heavy atom. The van der Waals surface area contributed by atoms with Crippen molar-refractivity contribution in [1.82, 2.24) is 20.0 Å². The van der Waals surface area contributed by atoms with E-state index in [1.807, 2.05) is 11.9 Å². The van der Waals surface area contributed by atoms with Gasteiger partial charge in [-0.05, 0) is 19.2 Å². The molecule has 4 amide bonds. The smallest absolute Gasteiger partial charge is 0.331 e. The number of carbonyl (C=O) groups is 3. The molecular formula is C15H18N4O4. The van der Waals surface area contributed by atoms with E-state index < -0.39 is 17.8 Å². The van der Waals surface area contributed by atoms with Crippen LogP contribution in [0.4, 0.5) is 4.79 Å². The number of piperazine rings is 1. The second-order valence-electron chi connectivity index (χ2n) is 5.61. The van der Waals surface area contributed by atoms with Gasteiger partial charge in [0.05, 0.1) is 12.8 Å². The van der Waals surface area contributed by atoms with Crippen molar-refractivity contribution in [3.63, 3.8) is 0 Å². The van der Waals surface area contributed by atoms with Crippen molar-refractivity contribution in [2.45, 2.75) is 6.54 Å². The molecule has 1 N–H and O–H groups in total. The second kappa shape index (κ2) is 6.25. The zero-order valence-electron chi connectivity index (χ0n) is 12.8. The van der Waals surface area contributed by atoms with Crippen LogP contribution in [0.5, 0.6) is 0 Å². The standard InChI is InChI=1S/C15H18N4O4/c1-17-4-6-18(7-5-17)10-12-13(20)16-15(22)19(14(12)21)9-11-3-2-8-23-11/h2-3,8,10H,4-7,9H2,1H3,(H,16,20,22)/b12-10+. The third-order valence-electron chi connectivity index (χ3n) is 3.93. The molecule has 0 aliphatic carbocycles. The van der Waals surface area contributed by atoms with Crippen molar-refractivity contribution in [3.05, 3.63) is 35.9 Å². The second-order valence-corrected chi connectivity index (χ2v) is 5.61. The van der Waals surface area contributed by atoms with Crippen LogP contribution in [0.15, 0.2) is 34.6 Å². The van der Waals surface area contributed by atoms with Gasteiger partial charge in [0.1, 0.15) is 11.3 Å². The van der Waals surface area contributed by atoms with Gasteiger partial charge in [-0.25, -0.2) is 4.79 Å². The van der Waals surface area contributed by atoms with Gasteiger partial charge in [-0.3, -0.25) is 19.8 Å². The van der Waals surface area contributed by atoms with Gasteiger partial charge in [0.2, 0.25) is 0 Å². The first-order valence-corrected chi connectivity index (χ1v) is 7.38. The van der Waals surface area contributed by atoms with Crippen molar-refractivity contribution in [3.8, 4) is 0 Å². The number of nitrogens with one attached hydrogen (secondary N) is 1. The maximum absolute atomic E-state index is 12.5. The molecule has 2 fully saturated rings. The fraction of sp³-hybridized carbons (Fsp3) is 0.400. The Bertz CT molecular complexity index is 644. The molecule has 8 nitrogen and oxygen atoms in total. The predicted octanol–water partition coefficient (Wildman–Crippen LogP) is -0.0107. The molecule has 0 unspecified atom stereocenters. The number of nitrogens with zero attached hydrogens (tertiary/aromatic N) is 3. The minimum atomic E-state index is -0.730. The van der Waals surface area contributed by atoms with Crippen LogP contribution >= 0.6 is 0 Å². The van der Waals surface area contributed by atoms with E-state index in [4.69, 9.17) is 4.42 Å². The molecule has 2 aliphatic rings. The Morgan fingerprint density at radius 1 is 1.22 bits per heavy atom. The van der Waals surface area contributed by atoms with Crippen LogP contribution in [-0.2, 0) is 16.1 Å². The largest absolute Gasteiger partial charge is 0.467 e. The number of urea groups is 1. The fourth-order valence-corrected chi connectivity index (χ4v) is 2.52. The number of barbiturate groups is 1. The third kappa shape index (κ3) is 3.26. The molecular weight excluding hydrogens is 300 g/mol. The van der Waals surface area contributed by atoms with Gasteiger partial charge < -0.3 is 14.2 Å². The first-order valence-electron chi connectivity index (χ1n) is 7.38. The molecule has 3 heterocycles. The molecule has 1 aromatic rings. The summed E-state index contributed by atoms with van der Waals surface area (Å²) in [5, 5.41) is 2.20. The van der Waals surface area contributed by atoms with E-state index in [1.165, 1.54) is 6.26 Å². The van der Waals surface area contributed by atoms with Crippen LogP contribution in [-0.4, -0.2) is 65.8 Å². The molecule has 0 aromatic carbocycles. The zero-order chi connectivity index (χ0) is 16.4. The number of likely N-dealkylation sites (N-methyl/N-ethyl adjacent to an activating group) is 1. The molecule has 0 spiro atoms. The summed E-state index contributed by atoms with van der Waals surface area (Å²) in [6, 6.07) is 2.61. The molecule has 0 radical (unpaired) electrons. The van der Waals surface area contributed by atoms with Crippen molar-refractivity contribution >= 4 is 17.8 Å². The minimum absolute atomic E-state index is 0.00890. The van der Waals surface area contributed by atoms with Gasteiger partial charge in [-0.15, -0.1) is 0 Å². The highest BCUT2D eigenvalue weighted by molar-refractivity contribution is 6.28. The predicted molar refractivity (Wildman–Crippen MR) is 79.9 cm³/mol. The number of furan rings is 1. The maximum Gasteiger partial charge on any atom is 0.331 e. The number of carbonyl (C=O) groups excluding carboxylic acids is 3. The van der Waals surface area contributed by atoms with Crippen LogP contribution in [0.1, 0.15) is 5.76 Å². The summed E-state index contributed by atoms with van der Waals surface area (Å²) < 4.78 is 5.16. The van der Waals surface area contributed by atoms with Crippen molar-refractivity contribution in [1.29, 1.82) is 0 Å². The van der Waals surface area contributed by atoms with Gasteiger partial charge in [0.25, 0.3) is 11.8 Å². The minimum Gasteiger partial charge on any atom is -0.467 e. The van der Waals surface area contributed by atoms with E-state index in [-0.39, 0.29) is 12.1 Å². The summed E-state index contributed by atoms with van der Waals surface area (Å²) in [7, 11) is 2.02. The lowest BCUT2D eigenvalue weighted by atomic mass is 10.1. The zero-order valence-corrected chi connectivity index (χ0v) is 12.8. The van der Waals surface area contributed by atoms with E-state index in [0.717, 1.165) is 31.1 Å². The molecule has 0 bridgehead atoms. The lowest BCUT2D eigenvalue weighted by Gasteiger charge is -2.33. The normalized spacial score (nSPS) is 22.0. The molecule has 1 aromatic heterocycles. The van der Waals surface area contributed by atoms with E-state index in [2.05, 4.69) is 10.2 Å². The average molecular weight is 318 g/mol. The van der Waals surface area contributed by atoms with Crippen molar-refractivity contribution < 1.29 is 18.8 Å². The van der Waals surface area contributed by atoms with Gasteiger partial charge in [-0.2, -0.15) is 0 Å². The molecule has 0 saturated carbocycles. The molecule has 3 rings (SSSR count). The van der Waals surface area contributed by atoms with Crippen molar-refractivity contribution in [2.24, 2.45) is 0 Å². The summed E-state index contributed by atoms with van der Waals surface area (Å²) in [6.07, 6.45) is 3.01. The summed E-state index contributed by atoms with van der Waals surface area (Å²) in [5.74, 6) is -0.787. The highest BCUT2D eigenvalue weighted by Gasteiger charge is 2.36. The molecule has 2 aliphatic heterocycles. The van der Waals surface area contributed by atoms with Gasteiger partial charge >= 0.3 is 6.03 Å². The van der Waals surface area contributed by atoms with E-state index in [9.17, 15) is 14.4 Å². The van der Waals surface area contributed by atoms with Crippen molar-refractivity contribution in [2.75, 3.05) is 33.2 Å². The molecule has 0 atom stereocenters. The van der Waals surface area contributed by atoms with Gasteiger partial charge in [-0.1, -0.05) is 0 Å². The SMILES string of the molecule is CN1CCN(/C=C2\C(=O)NC(=O)N(Cc3ccco3)C2=O)CC1. The average Bonchev–Trinajstić information content (AvgIpc) is 3.03. The topological polar surface area (TPSA) is 86.1 Å².